The molecule has 8 nitrogen and oxygen atoms in total. The molecule has 1 N–H and O–H groups in total. The van der Waals surface area contributed by atoms with E-state index in [9.17, 15) is 14.4 Å². The highest BCUT2D eigenvalue weighted by Crippen LogP contribution is 2.31. The summed E-state index contributed by atoms with van der Waals surface area (Å²) in [4.78, 5) is 39.3. The van der Waals surface area contributed by atoms with Gasteiger partial charge in [0.2, 0.25) is 0 Å². The Morgan fingerprint density at radius 1 is 0.974 bits per heavy atom. The minimum absolute atomic E-state index is 0.110. The van der Waals surface area contributed by atoms with Gasteiger partial charge in [0.05, 0.1) is 23.8 Å². The molecule has 3 aromatic rings. The lowest BCUT2D eigenvalue weighted by atomic mass is 10.0. The van der Waals surface area contributed by atoms with Gasteiger partial charge >= 0.3 is 0 Å². The summed E-state index contributed by atoms with van der Waals surface area (Å²) in [5.74, 6) is 0.985. The molecular formula is C30H30N2O6. The van der Waals surface area contributed by atoms with Gasteiger partial charge in [-0.25, -0.2) is 0 Å². The summed E-state index contributed by atoms with van der Waals surface area (Å²) in [5, 5.41) is 2.80. The minimum Gasteiger partial charge on any atom is -0.484 e. The average Bonchev–Trinajstić information content (AvgIpc) is 3.51. The van der Waals surface area contributed by atoms with Crippen molar-refractivity contribution >= 4 is 23.4 Å². The highest BCUT2D eigenvalue weighted by Gasteiger charge is 2.37. The molecule has 1 fully saturated rings. The average molecular weight is 515 g/mol. The first kappa shape index (κ1) is 25.5. The number of amides is 3. The normalized spacial score (nSPS) is 16.6. The van der Waals surface area contributed by atoms with Gasteiger partial charge in [-0.1, -0.05) is 32.0 Å². The predicted molar refractivity (Wildman–Crippen MR) is 142 cm³/mol. The number of rotatable bonds is 9. The smallest absolute Gasteiger partial charge is 0.262 e. The molecule has 1 unspecified atom stereocenters. The van der Waals surface area contributed by atoms with Crippen LogP contribution in [0.1, 0.15) is 58.9 Å². The third-order valence-electron chi connectivity index (χ3n) is 6.62. The van der Waals surface area contributed by atoms with Crippen molar-refractivity contribution in [2.75, 3.05) is 25.1 Å². The number of benzene rings is 3. The second kappa shape index (κ2) is 11.1. The predicted octanol–water partition coefficient (Wildman–Crippen LogP) is 5.39. The molecule has 0 aromatic heterocycles. The Morgan fingerprint density at radius 2 is 1.71 bits per heavy atom. The van der Waals surface area contributed by atoms with E-state index in [0.29, 0.717) is 46.6 Å². The van der Waals surface area contributed by atoms with Gasteiger partial charge in [0.25, 0.3) is 17.7 Å². The summed E-state index contributed by atoms with van der Waals surface area (Å²) in [6, 6.07) is 19.4. The van der Waals surface area contributed by atoms with Crippen LogP contribution >= 0.6 is 0 Å². The van der Waals surface area contributed by atoms with E-state index in [2.05, 4.69) is 19.2 Å². The highest BCUT2D eigenvalue weighted by molar-refractivity contribution is 6.21. The zero-order valence-electron chi connectivity index (χ0n) is 21.4. The third-order valence-corrected chi connectivity index (χ3v) is 6.62. The Hall–Kier alpha value is -4.17. The molecule has 0 aliphatic carbocycles. The number of ether oxygens (including phenoxy) is 3. The number of imide groups is 1. The molecule has 2 heterocycles. The van der Waals surface area contributed by atoms with Crippen molar-refractivity contribution in [1.82, 2.24) is 4.90 Å². The quantitative estimate of drug-likeness (QED) is 0.385. The highest BCUT2D eigenvalue weighted by atomic mass is 16.5. The Bertz CT molecular complexity index is 1350. The van der Waals surface area contributed by atoms with Crippen LogP contribution in [-0.2, 0) is 9.53 Å². The monoisotopic (exact) mass is 514 g/mol. The molecule has 2 aliphatic rings. The molecule has 0 saturated carbocycles. The van der Waals surface area contributed by atoms with Crippen LogP contribution in [0.25, 0.3) is 0 Å². The number of anilines is 1. The fourth-order valence-electron chi connectivity index (χ4n) is 4.56. The molecule has 0 bridgehead atoms. The van der Waals surface area contributed by atoms with Crippen molar-refractivity contribution in [2.45, 2.75) is 38.7 Å². The molecular weight excluding hydrogens is 484 g/mol. The van der Waals surface area contributed by atoms with Crippen LogP contribution in [0, 0.1) is 0 Å². The molecule has 3 aromatic carbocycles. The second-order valence-electron chi connectivity index (χ2n) is 9.75. The molecule has 8 heteroatoms. The van der Waals surface area contributed by atoms with E-state index in [0.717, 1.165) is 12.8 Å². The molecule has 2 aliphatic heterocycles. The first-order valence-electron chi connectivity index (χ1n) is 12.8. The van der Waals surface area contributed by atoms with Crippen LogP contribution in [0.15, 0.2) is 66.7 Å². The van der Waals surface area contributed by atoms with E-state index in [4.69, 9.17) is 14.2 Å². The first-order chi connectivity index (χ1) is 18.4. The van der Waals surface area contributed by atoms with Gasteiger partial charge in [0.15, 0.2) is 6.61 Å². The molecule has 0 radical (unpaired) electrons. The third kappa shape index (κ3) is 5.70. The van der Waals surface area contributed by atoms with E-state index in [-0.39, 0.29) is 37.0 Å². The maximum absolute atomic E-state index is 12.9. The lowest BCUT2D eigenvalue weighted by Gasteiger charge is -2.17. The second-order valence-corrected chi connectivity index (χ2v) is 9.75. The zero-order valence-corrected chi connectivity index (χ0v) is 21.4. The van der Waals surface area contributed by atoms with Crippen molar-refractivity contribution in [2.24, 2.45) is 0 Å². The standard InChI is InChI=1S/C30H30N2O6/c1-19(2)20-8-10-22(11-9-20)37-18-28(33)31-21-5-3-6-23(15-21)38-24-12-13-26-27(16-24)30(35)32(29(26)34)17-25-7-4-14-36-25/h3,5-6,8-13,15-16,19,25H,4,7,14,17-18H2,1-2H3,(H,31,33). The Kier molecular flexibility index (Phi) is 7.42. The maximum Gasteiger partial charge on any atom is 0.262 e. The lowest BCUT2D eigenvalue weighted by Crippen LogP contribution is -2.36. The largest absolute Gasteiger partial charge is 0.484 e. The fraction of sp³-hybridized carbons (Fsp3) is 0.300. The van der Waals surface area contributed by atoms with Crippen molar-refractivity contribution in [3.63, 3.8) is 0 Å². The van der Waals surface area contributed by atoms with Gasteiger partial charge in [-0.3, -0.25) is 19.3 Å². The van der Waals surface area contributed by atoms with Crippen LogP contribution in [-0.4, -0.2) is 48.5 Å². The van der Waals surface area contributed by atoms with Gasteiger partial charge in [-0.05, 0) is 66.8 Å². The van der Waals surface area contributed by atoms with Crippen LogP contribution in [0.3, 0.4) is 0 Å². The first-order valence-corrected chi connectivity index (χ1v) is 12.8. The van der Waals surface area contributed by atoms with E-state index in [1.807, 2.05) is 24.3 Å². The minimum atomic E-state index is -0.342. The molecule has 0 spiro atoms. The summed E-state index contributed by atoms with van der Waals surface area (Å²) in [5.41, 5.74) is 2.42. The number of nitrogens with one attached hydrogen (secondary N) is 1. The number of fused-ring (bicyclic) bond motifs is 1. The van der Waals surface area contributed by atoms with Gasteiger partial charge in [-0.15, -0.1) is 0 Å². The van der Waals surface area contributed by atoms with Crippen LogP contribution in [0.5, 0.6) is 17.2 Å². The molecule has 1 saturated heterocycles. The number of hydrogen-bond donors (Lipinski definition) is 1. The van der Waals surface area contributed by atoms with E-state index >= 15 is 0 Å². The zero-order chi connectivity index (χ0) is 26.6. The number of carbonyl (C=O) groups excluding carboxylic acids is 3. The summed E-state index contributed by atoms with van der Waals surface area (Å²) >= 11 is 0. The Morgan fingerprint density at radius 3 is 2.45 bits per heavy atom. The van der Waals surface area contributed by atoms with Gasteiger partial charge in [-0.2, -0.15) is 0 Å². The van der Waals surface area contributed by atoms with E-state index < -0.39 is 0 Å². The summed E-state index contributed by atoms with van der Waals surface area (Å²) in [6.45, 7) is 5.03. The van der Waals surface area contributed by atoms with Crippen LogP contribution < -0.4 is 14.8 Å². The maximum atomic E-state index is 12.9. The van der Waals surface area contributed by atoms with Gasteiger partial charge in [0.1, 0.15) is 17.2 Å². The molecule has 5 rings (SSSR count). The number of carbonyl (C=O) groups is 3. The lowest BCUT2D eigenvalue weighted by molar-refractivity contribution is -0.118. The van der Waals surface area contributed by atoms with Crippen LogP contribution in [0.2, 0.25) is 0 Å². The number of nitrogens with zero attached hydrogens (tertiary/aromatic N) is 1. The molecule has 196 valence electrons. The Labute approximate surface area is 221 Å². The summed E-state index contributed by atoms with van der Waals surface area (Å²) in [7, 11) is 0. The summed E-state index contributed by atoms with van der Waals surface area (Å²) < 4.78 is 17.1. The van der Waals surface area contributed by atoms with E-state index in [1.165, 1.54) is 10.5 Å². The van der Waals surface area contributed by atoms with Gasteiger partial charge in [0, 0.05) is 18.4 Å². The summed E-state index contributed by atoms with van der Waals surface area (Å²) in [6.07, 6.45) is 1.67. The van der Waals surface area contributed by atoms with Crippen LogP contribution in [0.4, 0.5) is 5.69 Å². The fourth-order valence-corrected chi connectivity index (χ4v) is 4.56. The van der Waals surface area contributed by atoms with Crippen molar-refractivity contribution in [3.05, 3.63) is 83.4 Å². The molecule has 3 amide bonds. The van der Waals surface area contributed by atoms with Gasteiger partial charge < -0.3 is 19.5 Å². The van der Waals surface area contributed by atoms with Crippen molar-refractivity contribution < 1.29 is 28.6 Å². The Balaban J connectivity index is 1.19. The number of hydrogen-bond acceptors (Lipinski definition) is 6. The molecule has 1 atom stereocenters. The SMILES string of the molecule is CC(C)c1ccc(OCC(=O)Nc2cccc(Oc3ccc4c(c3)C(=O)N(CC3CCCO3)C4=O)c2)cc1. The van der Waals surface area contributed by atoms with Crippen molar-refractivity contribution in [3.8, 4) is 17.2 Å². The van der Waals surface area contributed by atoms with Crippen molar-refractivity contribution in [1.29, 1.82) is 0 Å². The molecule has 38 heavy (non-hydrogen) atoms. The van der Waals surface area contributed by atoms with E-state index in [1.54, 1.807) is 42.5 Å². The topological polar surface area (TPSA) is 94.2 Å².